The van der Waals surface area contributed by atoms with E-state index in [4.69, 9.17) is 9.40 Å². The zero-order valence-electron chi connectivity index (χ0n) is 18.8. The topological polar surface area (TPSA) is 66.6 Å². The van der Waals surface area contributed by atoms with E-state index in [1.807, 2.05) is 38.1 Å². The van der Waals surface area contributed by atoms with Gasteiger partial charge in [0.05, 0.1) is 26.7 Å². The number of piperidine rings is 1. The second kappa shape index (κ2) is 8.34. The molecule has 1 aliphatic rings. The Bertz CT molecular complexity index is 1340. The molecular formula is C26H28N2O3S. The highest BCUT2D eigenvalue weighted by atomic mass is 32.1. The molecule has 0 amide bonds. The molecule has 0 aliphatic carbocycles. The number of aromatic hydroxyl groups is 1. The van der Waals surface area contributed by atoms with Gasteiger partial charge in [-0.3, -0.25) is 9.69 Å². The molecule has 1 N–H and O–H groups in total. The number of hydrogen-bond donors (Lipinski definition) is 1. The van der Waals surface area contributed by atoms with Crippen LogP contribution < -0.4 is 5.43 Å². The number of aryl methyl sites for hydroxylation is 2. The molecule has 5 nitrogen and oxygen atoms in total. The predicted molar refractivity (Wildman–Crippen MR) is 131 cm³/mol. The van der Waals surface area contributed by atoms with E-state index in [1.165, 1.54) is 17.8 Å². The van der Waals surface area contributed by atoms with Crippen LogP contribution in [0.3, 0.4) is 0 Å². The Labute approximate surface area is 191 Å². The molecule has 0 radical (unpaired) electrons. The fraction of sp³-hybridized carbons (Fsp3) is 0.385. The number of phenols is 1. The van der Waals surface area contributed by atoms with Crippen molar-refractivity contribution >= 4 is 32.5 Å². The fourth-order valence-electron chi connectivity index (χ4n) is 4.85. The van der Waals surface area contributed by atoms with Gasteiger partial charge in [0.15, 0.2) is 0 Å². The number of benzene rings is 2. The molecule has 2 aromatic carbocycles. The van der Waals surface area contributed by atoms with Crippen LogP contribution in [-0.4, -0.2) is 28.1 Å². The smallest absolute Gasteiger partial charge is 0.203 e. The fourth-order valence-corrected chi connectivity index (χ4v) is 5.91. The Morgan fingerprint density at radius 3 is 2.88 bits per heavy atom. The zero-order chi connectivity index (χ0) is 22.4. The lowest BCUT2D eigenvalue weighted by atomic mass is 9.97. The largest absolute Gasteiger partial charge is 0.507 e. The first-order valence-electron chi connectivity index (χ1n) is 11.4. The zero-order valence-corrected chi connectivity index (χ0v) is 19.6. The quantitative estimate of drug-likeness (QED) is 0.422. The first kappa shape index (κ1) is 21.2. The highest BCUT2D eigenvalue weighted by Crippen LogP contribution is 2.36. The van der Waals surface area contributed by atoms with Gasteiger partial charge in [0.25, 0.3) is 0 Å². The molecule has 0 spiro atoms. The number of rotatable bonds is 4. The van der Waals surface area contributed by atoms with Crippen LogP contribution in [0.1, 0.15) is 43.6 Å². The first-order valence-corrected chi connectivity index (χ1v) is 12.2. The van der Waals surface area contributed by atoms with Gasteiger partial charge in [0.2, 0.25) is 5.43 Å². The molecule has 0 bridgehead atoms. The van der Waals surface area contributed by atoms with E-state index in [0.717, 1.165) is 40.9 Å². The van der Waals surface area contributed by atoms with E-state index in [9.17, 15) is 9.90 Å². The van der Waals surface area contributed by atoms with Gasteiger partial charge in [0, 0.05) is 13.1 Å². The molecule has 1 unspecified atom stereocenters. The van der Waals surface area contributed by atoms with Crippen LogP contribution in [-0.2, 0) is 13.0 Å². The van der Waals surface area contributed by atoms with Crippen LogP contribution in [0.2, 0.25) is 0 Å². The van der Waals surface area contributed by atoms with Crippen LogP contribution in [0, 0.1) is 12.8 Å². The maximum atomic E-state index is 13.7. The van der Waals surface area contributed by atoms with Gasteiger partial charge in [-0.25, -0.2) is 4.98 Å². The van der Waals surface area contributed by atoms with Gasteiger partial charge in [-0.15, -0.1) is 11.3 Å². The van der Waals surface area contributed by atoms with Crippen molar-refractivity contribution in [3.05, 3.63) is 57.4 Å². The molecule has 2 aromatic heterocycles. The van der Waals surface area contributed by atoms with Crippen LogP contribution in [0.25, 0.3) is 31.8 Å². The number of hydrogen-bond acceptors (Lipinski definition) is 6. The Kier molecular flexibility index (Phi) is 5.51. The van der Waals surface area contributed by atoms with Crippen molar-refractivity contribution in [2.45, 2.75) is 46.6 Å². The molecular weight excluding hydrogens is 420 g/mol. The maximum absolute atomic E-state index is 13.7. The lowest BCUT2D eigenvalue weighted by molar-refractivity contribution is 0.175. The summed E-state index contributed by atoms with van der Waals surface area (Å²) in [6.07, 6.45) is 3.03. The highest BCUT2D eigenvalue weighted by Gasteiger charge is 2.24. The standard InChI is InChI=1S/C26H28N2O3S/c1-4-17-12-18-24(30)22(26-27-20-9-5-6-10-21(20)32-26)16(3)31-25(18)19(23(17)29)14-28-11-7-8-15(2)13-28/h5-6,9-10,12,15,29H,4,7-8,11,13-14H2,1-3H3. The third-order valence-electron chi connectivity index (χ3n) is 6.52. The summed E-state index contributed by atoms with van der Waals surface area (Å²) in [5, 5.41) is 12.3. The number of para-hydroxylation sites is 1. The average Bonchev–Trinajstić information content (AvgIpc) is 3.19. The average molecular weight is 449 g/mol. The van der Waals surface area contributed by atoms with Crippen molar-refractivity contribution in [2.75, 3.05) is 13.1 Å². The number of thiazole rings is 1. The van der Waals surface area contributed by atoms with Crippen molar-refractivity contribution in [1.29, 1.82) is 0 Å². The SMILES string of the molecule is CCc1cc2c(=O)c(-c3nc4ccccc4s3)c(C)oc2c(CN2CCCC(C)C2)c1O. The Balaban J connectivity index is 1.70. The predicted octanol–water partition coefficient (Wildman–Crippen LogP) is 5.88. The van der Waals surface area contributed by atoms with Gasteiger partial charge in [-0.2, -0.15) is 0 Å². The minimum atomic E-state index is -0.0780. The van der Waals surface area contributed by atoms with E-state index >= 15 is 0 Å². The molecule has 1 saturated heterocycles. The van der Waals surface area contributed by atoms with E-state index in [1.54, 1.807) is 6.07 Å². The van der Waals surface area contributed by atoms with Crippen molar-refractivity contribution in [2.24, 2.45) is 5.92 Å². The monoisotopic (exact) mass is 448 g/mol. The van der Waals surface area contributed by atoms with Crippen LogP contribution in [0.4, 0.5) is 0 Å². The number of aromatic nitrogens is 1. The van der Waals surface area contributed by atoms with Crippen molar-refractivity contribution < 1.29 is 9.52 Å². The lowest BCUT2D eigenvalue weighted by Gasteiger charge is -2.31. The second-order valence-corrected chi connectivity index (χ2v) is 9.96. The highest BCUT2D eigenvalue weighted by molar-refractivity contribution is 7.21. The Hall–Kier alpha value is -2.70. The van der Waals surface area contributed by atoms with Gasteiger partial charge in [0.1, 0.15) is 22.1 Å². The van der Waals surface area contributed by atoms with Gasteiger partial charge in [-0.1, -0.05) is 26.0 Å². The van der Waals surface area contributed by atoms with E-state index in [0.29, 0.717) is 46.2 Å². The van der Waals surface area contributed by atoms with Crippen molar-refractivity contribution in [3.63, 3.8) is 0 Å². The second-order valence-electron chi connectivity index (χ2n) is 8.92. The molecule has 32 heavy (non-hydrogen) atoms. The normalized spacial score (nSPS) is 17.4. The molecule has 3 heterocycles. The summed E-state index contributed by atoms with van der Waals surface area (Å²) < 4.78 is 7.33. The van der Waals surface area contributed by atoms with Crippen molar-refractivity contribution in [3.8, 4) is 16.3 Å². The number of phenolic OH excluding ortho intramolecular Hbond substituents is 1. The number of fused-ring (bicyclic) bond motifs is 2. The van der Waals surface area contributed by atoms with Crippen molar-refractivity contribution in [1.82, 2.24) is 9.88 Å². The van der Waals surface area contributed by atoms with Crippen LogP contribution in [0.5, 0.6) is 5.75 Å². The summed E-state index contributed by atoms with van der Waals surface area (Å²) in [7, 11) is 0. The van der Waals surface area contributed by atoms with E-state index in [-0.39, 0.29) is 11.2 Å². The minimum absolute atomic E-state index is 0.0780. The van der Waals surface area contributed by atoms with Gasteiger partial charge in [-0.05, 0) is 62.4 Å². The Morgan fingerprint density at radius 1 is 1.31 bits per heavy atom. The maximum Gasteiger partial charge on any atom is 0.203 e. The minimum Gasteiger partial charge on any atom is -0.507 e. The molecule has 166 valence electrons. The van der Waals surface area contributed by atoms with Crippen LogP contribution >= 0.6 is 11.3 Å². The molecule has 5 rings (SSSR count). The number of nitrogens with zero attached hydrogens (tertiary/aromatic N) is 2. The lowest BCUT2D eigenvalue weighted by Crippen LogP contribution is -2.33. The number of likely N-dealkylation sites (tertiary alicyclic amines) is 1. The molecule has 1 fully saturated rings. The van der Waals surface area contributed by atoms with Crippen LogP contribution in [0.15, 0.2) is 39.5 Å². The van der Waals surface area contributed by atoms with E-state index in [2.05, 4.69) is 11.8 Å². The third-order valence-corrected chi connectivity index (χ3v) is 7.57. The Morgan fingerprint density at radius 2 is 2.12 bits per heavy atom. The molecule has 1 aliphatic heterocycles. The van der Waals surface area contributed by atoms with Gasteiger partial charge < -0.3 is 9.52 Å². The van der Waals surface area contributed by atoms with E-state index < -0.39 is 0 Å². The summed E-state index contributed by atoms with van der Waals surface area (Å²) in [6.45, 7) is 8.65. The summed E-state index contributed by atoms with van der Waals surface area (Å²) in [6, 6.07) is 9.70. The first-order chi connectivity index (χ1) is 15.5. The molecule has 1 atom stereocenters. The molecule has 4 aromatic rings. The third kappa shape index (κ3) is 3.61. The summed E-state index contributed by atoms with van der Waals surface area (Å²) in [5.74, 6) is 1.43. The van der Waals surface area contributed by atoms with Gasteiger partial charge >= 0.3 is 0 Å². The summed E-state index contributed by atoms with van der Waals surface area (Å²) in [4.78, 5) is 20.8. The summed E-state index contributed by atoms with van der Waals surface area (Å²) in [5.41, 5.74) is 3.33. The molecule has 0 saturated carbocycles. The summed E-state index contributed by atoms with van der Waals surface area (Å²) >= 11 is 1.50. The molecule has 6 heteroatoms.